The summed E-state index contributed by atoms with van der Waals surface area (Å²) in [6.07, 6.45) is 0. The molecule has 1 aromatic heterocycles. The maximum absolute atomic E-state index is 5.91. The molecular formula is C15H20ClN3OS. The molecule has 0 unspecified atom stereocenters. The normalized spacial score (nSPS) is 12.2. The Hall–Kier alpha value is -1.30. The maximum Gasteiger partial charge on any atom is 0.230 e. The van der Waals surface area contributed by atoms with Gasteiger partial charge in [-0.25, -0.2) is 0 Å². The standard InChI is InChI=1S/C15H20ClN3OS/c1-10(11-5-7-12(16)8-6-11)17-9-13-14(20-4)18-15(21-13)19(2)3/h5-8,10,17H,9H2,1-4H3/t10-/m0/s1. The number of hydrogen-bond acceptors (Lipinski definition) is 5. The van der Waals surface area contributed by atoms with Crippen LogP contribution in [-0.4, -0.2) is 26.2 Å². The number of methoxy groups -OCH3 is 1. The first kappa shape index (κ1) is 16.1. The van der Waals surface area contributed by atoms with Crippen molar-refractivity contribution in [2.75, 3.05) is 26.1 Å². The lowest BCUT2D eigenvalue weighted by Crippen LogP contribution is -2.17. The van der Waals surface area contributed by atoms with Gasteiger partial charge in [0.1, 0.15) is 0 Å². The number of halogens is 1. The van der Waals surface area contributed by atoms with Crippen molar-refractivity contribution < 1.29 is 4.74 Å². The van der Waals surface area contributed by atoms with Gasteiger partial charge in [0.15, 0.2) is 5.13 Å². The fourth-order valence-corrected chi connectivity index (χ4v) is 2.93. The summed E-state index contributed by atoms with van der Waals surface area (Å²) in [4.78, 5) is 7.54. The first-order valence-corrected chi connectivity index (χ1v) is 7.90. The fraction of sp³-hybridized carbons (Fsp3) is 0.400. The summed E-state index contributed by atoms with van der Waals surface area (Å²) >= 11 is 7.55. The molecule has 0 spiro atoms. The second-order valence-corrected chi connectivity index (χ2v) is 6.48. The van der Waals surface area contributed by atoms with Gasteiger partial charge in [-0.05, 0) is 24.6 Å². The molecule has 1 N–H and O–H groups in total. The average molecular weight is 326 g/mol. The first-order chi connectivity index (χ1) is 10.0. The predicted molar refractivity (Wildman–Crippen MR) is 89.7 cm³/mol. The van der Waals surface area contributed by atoms with Gasteiger partial charge in [0.25, 0.3) is 0 Å². The van der Waals surface area contributed by atoms with Crippen molar-refractivity contribution in [1.29, 1.82) is 0 Å². The molecule has 21 heavy (non-hydrogen) atoms. The Morgan fingerprint density at radius 3 is 2.57 bits per heavy atom. The van der Waals surface area contributed by atoms with E-state index in [-0.39, 0.29) is 6.04 Å². The number of benzene rings is 1. The van der Waals surface area contributed by atoms with Crippen LogP contribution >= 0.6 is 22.9 Å². The molecule has 1 heterocycles. The van der Waals surface area contributed by atoms with E-state index < -0.39 is 0 Å². The van der Waals surface area contributed by atoms with Crippen molar-refractivity contribution in [2.45, 2.75) is 19.5 Å². The van der Waals surface area contributed by atoms with Crippen molar-refractivity contribution >= 4 is 28.1 Å². The summed E-state index contributed by atoms with van der Waals surface area (Å²) in [5, 5.41) is 5.19. The number of nitrogens with one attached hydrogen (secondary N) is 1. The number of hydrogen-bond donors (Lipinski definition) is 1. The molecular weight excluding hydrogens is 306 g/mol. The zero-order valence-electron chi connectivity index (χ0n) is 12.7. The van der Waals surface area contributed by atoms with E-state index in [1.807, 2.05) is 43.3 Å². The Morgan fingerprint density at radius 1 is 1.33 bits per heavy atom. The molecule has 2 aromatic rings. The smallest absolute Gasteiger partial charge is 0.230 e. The third kappa shape index (κ3) is 4.09. The number of aromatic nitrogens is 1. The third-order valence-electron chi connectivity index (χ3n) is 3.16. The Balaban J connectivity index is 2.03. The minimum atomic E-state index is 0.233. The Bertz CT molecular complexity index is 583. The van der Waals surface area contributed by atoms with Gasteiger partial charge in [0.05, 0.1) is 12.0 Å². The zero-order chi connectivity index (χ0) is 15.4. The lowest BCUT2D eigenvalue weighted by Gasteiger charge is -2.14. The first-order valence-electron chi connectivity index (χ1n) is 6.71. The van der Waals surface area contributed by atoms with E-state index in [0.29, 0.717) is 5.88 Å². The van der Waals surface area contributed by atoms with Gasteiger partial charge in [0.2, 0.25) is 5.88 Å². The lowest BCUT2D eigenvalue weighted by atomic mass is 10.1. The molecule has 0 saturated carbocycles. The fourth-order valence-electron chi connectivity index (χ4n) is 1.90. The van der Waals surface area contributed by atoms with E-state index in [0.717, 1.165) is 21.6 Å². The molecule has 0 aliphatic carbocycles. The van der Waals surface area contributed by atoms with Crippen LogP contribution in [0.15, 0.2) is 24.3 Å². The van der Waals surface area contributed by atoms with Gasteiger partial charge < -0.3 is 15.0 Å². The predicted octanol–water partition coefficient (Wildman–Crippen LogP) is 3.72. The number of thiazole rings is 1. The van der Waals surface area contributed by atoms with Crippen LogP contribution in [-0.2, 0) is 6.54 Å². The summed E-state index contributed by atoms with van der Waals surface area (Å²) in [5.41, 5.74) is 1.20. The van der Waals surface area contributed by atoms with E-state index in [1.165, 1.54) is 5.56 Å². The van der Waals surface area contributed by atoms with Crippen LogP contribution in [0, 0.1) is 0 Å². The highest BCUT2D eigenvalue weighted by molar-refractivity contribution is 7.15. The summed E-state index contributed by atoms with van der Waals surface area (Å²) in [5.74, 6) is 0.694. The Labute approximate surface area is 134 Å². The zero-order valence-corrected chi connectivity index (χ0v) is 14.3. The van der Waals surface area contributed by atoms with Gasteiger partial charge >= 0.3 is 0 Å². The molecule has 1 aromatic carbocycles. The molecule has 2 rings (SSSR count). The number of nitrogens with zero attached hydrogens (tertiary/aromatic N) is 2. The molecule has 1 atom stereocenters. The SMILES string of the molecule is COc1nc(N(C)C)sc1CN[C@@H](C)c1ccc(Cl)cc1. The highest BCUT2D eigenvalue weighted by Gasteiger charge is 2.14. The maximum atomic E-state index is 5.91. The second-order valence-electron chi connectivity index (χ2n) is 4.98. The molecule has 4 nitrogen and oxygen atoms in total. The molecule has 0 aliphatic heterocycles. The second kappa shape index (κ2) is 7.11. The van der Waals surface area contributed by atoms with Crippen molar-refractivity contribution in [3.05, 3.63) is 39.7 Å². The van der Waals surface area contributed by atoms with E-state index in [9.17, 15) is 0 Å². The lowest BCUT2D eigenvalue weighted by molar-refractivity contribution is 0.393. The van der Waals surface area contributed by atoms with E-state index in [4.69, 9.17) is 16.3 Å². The molecule has 0 amide bonds. The van der Waals surface area contributed by atoms with E-state index in [2.05, 4.69) is 17.2 Å². The van der Waals surface area contributed by atoms with Crippen LogP contribution in [0.2, 0.25) is 5.02 Å². The van der Waals surface area contributed by atoms with Crippen molar-refractivity contribution in [2.24, 2.45) is 0 Å². The van der Waals surface area contributed by atoms with Crippen LogP contribution in [0.4, 0.5) is 5.13 Å². The van der Waals surface area contributed by atoms with Gasteiger partial charge in [-0.3, -0.25) is 0 Å². The summed E-state index contributed by atoms with van der Waals surface area (Å²) < 4.78 is 5.35. The van der Waals surface area contributed by atoms with Crippen LogP contribution in [0.25, 0.3) is 0 Å². The number of anilines is 1. The number of rotatable bonds is 6. The topological polar surface area (TPSA) is 37.4 Å². The summed E-state index contributed by atoms with van der Waals surface area (Å²) in [7, 11) is 5.61. The highest BCUT2D eigenvalue weighted by atomic mass is 35.5. The monoisotopic (exact) mass is 325 g/mol. The van der Waals surface area contributed by atoms with Gasteiger partial charge in [-0.2, -0.15) is 4.98 Å². The van der Waals surface area contributed by atoms with E-state index >= 15 is 0 Å². The quantitative estimate of drug-likeness (QED) is 0.878. The largest absolute Gasteiger partial charge is 0.480 e. The van der Waals surface area contributed by atoms with Crippen LogP contribution in [0.1, 0.15) is 23.4 Å². The van der Waals surface area contributed by atoms with Gasteiger partial charge in [-0.1, -0.05) is 35.1 Å². The minimum absolute atomic E-state index is 0.233. The van der Waals surface area contributed by atoms with Gasteiger partial charge in [0, 0.05) is 31.7 Å². The molecule has 0 fully saturated rings. The molecule has 6 heteroatoms. The molecule has 0 radical (unpaired) electrons. The van der Waals surface area contributed by atoms with Crippen molar-refractivity contribution in [3.8, 4) is 5.88 Å². The van der Waals surface area contributed by atoms with Crippen LogP contribution < -0.4 is 15.0 Å². The van der Waals surface area contributed by atoms with Crippen LogP contribution in [0.5, 0.6) is 5.88 Å². The highest BCUT2D eigenvalue weighted by Crippen LogP contribution is 2.30. The molecule has 0 bridgehead atoms. The van der Waals surface area contributed by atoms with Crippen molar-refractivity contribution in [3.63, 3.8) is 0 Å². The van der Waals surface area contributed by atoms with Crippen molar-refractivity contribution in [1.82, 2.24) is 10.3 Å². The summed E-state index contributed by atoms with van der Waals surface area (Å²) in [6, 6.07) is 8.13. The van der Waals surface area contributed by atoms with E-state index in [1.54, 1.807) is 18.4 Å². The minimum Gasteiger partial charge on any atom is -0.480 e. The molecule has 114 valence electrons. The molecule has 0 aliphatic rings. The Kier molecular flexibility index (Phi) is 5.45. The van der Waals surface area contributed by atoms with Gasteiger partial charge in [-0.15, -0.1) is 0 Å². The number of ether oxygens (including phenoxy) is 1. The third-order valence-corrected chi connectivity index (χ3v) is 4.62. The molecule has 0 saturated heterocycles. The Morgan fingerprint density at radius 2 is 2.00 bits per heavy atom. The van der Waals surface area contributed by atoms with Crippen LogP contribution in [0.3, 0.4) is 0 Å². The average Bonchev–Trinajstić information content (AvgIpc) is 2.89. The summed E-state index contributed by atoms with van der Waals surface area (Å²) in [6.45, 7) is 2.85.